The lowest BCUT2D eigenvalue weighted by molar-refractivity contribution is 0.0986. The molecule has 1 heterocycles. The van der Waals surface area contributed by atoms with Gasteiger partial charge >= 0.3 is 6.03 Å². The Morgan fingerprint density at radius 2 is 1.72 bits per heavy atom. The van der Waals surface area contributed by atoms with Crippen molar-refractivity contribution in [1.82, 2.24) is 15.1 Å². The van der Waals surface area contributed by atoms with Crippen molar-refractivity contribution in [2.45, 2.75) is 25.9 Å². The van der Waals surface area contributed by atoms with Crippen LogP contribution in [-0.2, 0) is 12.1 Å². The average molecular weight is 336 g/mol. The molecule has 1 aliphatic rings. The summed E-state index contributed by atoms with van der Waals surface area (Å²) in [5, 5.41) is 11.2. The predicted octanol–water partition coefficient (Wildman–Crippen LogP) is 3.61. The Labute approximate surface area is 148 Å². The monoisotopic (exact) mass is 336 g/mol. The van der Waals surface area contributed by atoms with E-state index in [1.54, 1.807) is 19.0 Å². The van der Waals surface area contributed by atoms with Crippen LogP contribution in [0.5, 0.6) is 0 Å². The van der Waals surface area contributed by atoms with Gasteiger partial charge in [-0.05, 0) is 41.7 Å². The van der Waals surface area contributed by atoms with Crippen LogP contribution in [0.15, 0.2) is 48.5 Å². The third-order valence-corrected chi connectivity index (χ3v) is 5.04. The number of aryl methyl sites for hydroxylation is 1. The lowest BCUT2D eigenvalue weighted by atomic mass is 9.94. The van der Waals surface area contributed by atoms with Crippen LogP contribution >= 0.6 is 0 Å². The van der Waals surface area contributed by atoms with Crippen LogP contribution in [-0.4, -0.2) is 35.9 Å². The van der Waals surface area contributed by atoms with Crippen molar-refractivity contribution in [2.24, 2.45) is 0 Å². The normalized spacial score (nSPS) is 20.6. The fourth-order valence-corrected chi connectivity index (χ4v) is 3.15. The fraction of sp³-hybridized carbons (Fsp3) is 0.300. The van der Waals surface area contributed by atoms with Gasteiger partial charge in [-0.3, -0.25) is 10.3 Å². The number of guanidine groups is 1. The summed E-state index contributed by atoms with van der Waals surface area (Å²) in [6.07, 6.45) is 0.994. The first-order chi connectivity index (χ1) is 11.9. The van der Waals surface area contributed by atoms with Gasteiger partial charge in [0.1, 0.15) is 5.66 Å². The van der Waals surface area contributed by atoms with Crippen LogP contribution in [0.3, 0.4) is 0 Å². The second-order valence-corrected chi connectivity index (χ2v) is 6.58. The standard InChI is InChI=1S/C20H24N4O/c1-5-14-8-6-9-15(12-14)16-10-7-11-17(13-16)20(2)22-18(21)23(3)19(25)24(20)4/h6-13H,5H2,1-4H3,(H2,21,22). The molecular formula is C20H24N4O. The van der Waals surface area contributed by atoms with E-state index < -0.39 is 5.66 Å². The van der Waals surface area contributed by atoms with Gasteiger partial charge in [0, 0.05) is 14.1 Å². The summed E-state index contributed by atoms with van der Waals surface area (Å²) in [4.78, 5) is 15.4. The summed E-state index contributed by atoms with van der Waals surface area (Å²) >= 11 is 0. The van der Waals surface area contributed by atoms with Gasteiger partial charge in [-0.15, -0.1) is 0 Å². The molecule has 1 fully saturated rings. The van der Waals surface area contributed by atoms with E-state index in [0.29, 0.717) is 0 Å². The lowest BCUT2D eigenvalue weighted by Crippen LogP contribution is -2.67. The number of urea groups is 1. The van der Waals surface area contributed by atoms with E-state index >= 15 is 0 Å². The van der Waals surface area contributed by atoms with Crippen LogP contribution in [0.4, 0.5) is 4.79 Å². The fourth-order valence-electron chi connectivity index (χ4n) is 3.15. The zero-order chi connectivity index (χ0) is 18.2. The second kappa shape index (κ2) is 6.24. The molecule has 2 aromatic carbocycles. The molecule has 1 saturated heterocycles. The number of nitrogens with zero attached hydrogens (tertiary/aromatic N) is 2. The van der Waals surface area contributed by atoms with Crippen LogP contribution < -0.4 is 5.32 Å². The van der Waals surface area contributed by atoms with Crippen molar-refractivity contribution in [3.05, 3.63) is 59.7 Å². The van der Waals surface area contributed by atoms with Gasteiger partial charge in [-0.1, -0.05) is 49.4 Å². The molecule has 1 unspecified atom stereocenters. The minimum atomic E-state index is -0.765. The number of carbonyl (C=O) groups excluding carboxylic acids is 1. The van der Waals surface area contributed by atoms with Crippen molar-refractivity contribution >= 4 is 12.0 Å². The molecule has 0 spiro atoms. The third kappa shape index (κ3) is 2.86. The van der Waals surface area contributed by atoms with Crippen molar-refractivity contribution in [2.75, 3.05) is 14.1 Å². The Balaban J connectivity index is 2.03. The molecule has 3 rings (SSSR count). The quantitative estimate of drug-likeness (QED) is 0.899. The maximum Gasteiger partial charge on any atom is 0.328 e. The Morgan fingerprint density at radius 1 is 1.08 bits per heavy atom. The van der Waals surface area contributed by atoms with Gasteiger partial charge in [-0.2, -0.15) is 0 Å². The number of rotatable bonds is 3. The molecule has 0 bridgehead atoms. The number of carbonyl (C=O) groups is 1. The third-order valence-electron chi connectivity index (χ3n) is 5.04. The molecule has 2 aromatic rings. The first kappa shape index (κ1) is 17.0. The molecule has 5 heteroatoms. The maximum absolute atomic E-state index is 12.4. The second-order valence-electron chi connectivity index (χ2n) is 6.58. The molecule has 0 aromatic heterocycles. The summed E-state index contributed by atoms with van der Waals surface area (Å²) < 4.78 is 0. The van der Waals surface area contributed by atoms with Gasteiger partial charge < -0.3 is 10.2 Å². The van der Waals surface area contributed by atoms with Gasteiger partial charge in [0.2, 0.25) is 5.96 Å². The summed E-state index contributed by atoms with van der Waals surface area (Å²) in [5.74, 6) is 0.101. The highest BCUT2D eigenvalue weighted by Gasteiger charge is 2.42. The van der Waals surface area contributed by atoms with Crippen molar-refractivity contribution in [1.29, 1.82) is 5.41 Å². The molecule has 0 saturated carbocycles. The Hall–Kier alpha value is -2.82. The van der Waals surface area contributed by atoms with E-state index in [1.165, 1.54) is 10.5 Å². The zero-order valence-corrected chi connectivity index (χ0v) is 15.1. The average Bonchev–Trinajstić information content (AvgIpc) is 2.65. The molecule has 1 aliphatic heterocycles. The minimum absolute atomic E-state index is 0.101. The lowest BCUT2D eigenvalue weighted by Gasteiger charge is -2.47. The Bertz CT molecular complexity index is 832. The van der Waals surface area contributed by atoms with E-state index in [0.717, 1.165) is 23.1 Å². The smallest absolute Gasteiger partial charge is 0.328 e. The number of hydrogen-bond acceptors (Lipinski definition) is 2. The van der Waals surface area contributed by atoms with E-state index in [2.05, 4.69) is 48.6 Å². The van der Waals surface area contributed by atoms with Gasteiger partial charge in [0.15, 0.2) is 0 Å². The first-order valence-corrected chi connectivity index (χ1v) is 8.45. The largest absolute Gasteiger partial charge is 0.329 e. The Kier molecular flexibility index (Phi) is 4.25. The maximum atomic E-state index is 12.4. The van der Waals surface area contributed by atoms with Crippen molar-refractivity contribution in [3.8, 4) is 11.1 Å². The van der Waals surface area contributed by atoms with Crippen LogP contribution in [0.25, 0.3) is 11.1 Å². The highest BCUT2D eigenvalue weighted by molar-refractivity contribution is 5.97. The van der Waals surface area contributed by atoms with Crippen LogP contribution in [0.1, 0.15) is 25.0 Å². The zero-order valence-electron chi connectivity index (χ0n) is 15.1. The molecule has 0 radical (unpaired) electrons. The van der Waals surface area contributed by atoms with E-state index in [1.807, 2.05) is 19.1 Å². The van der Waals surface area contributed by atoms with E-state index in [9.17, 15) is 4.79 Å². The molecule has 2 N–H and O–H groups in total. The summed E-state index contributed by atoms with van der Waals surface area (Å²) in [7, 11) is 3.35. The van der Waals surface area contributed by atoms with Crippen molar-refractivity contribution < 1.29 is 4.79 Å². The number of hydrogen-bond donors (Lipinski definition) is 2. The predicted molar refractivity (Wildman–Crippen MR) is 100 cm³/mol. The first-order valence-electron chi connectivity index (χ1n) is 8.45. The van der Waals surface area contributed by atoms with Crippen molar-refractivity contribution in [3.63, 3.8) is 0 Å². The molecule has 0 aliphatic carbocycles. The minimum Gasteiger partial charge on any atom is -0.329 e. The van der Waals surface area contributed by atoms with Crippen LogP contribution in [0, 0.1) is 5.41 Å². The molecule has 2 amide bonds. The molecule has 130 valence electrons. The van der Waals surface area contributed by atoms with E-state index in [4.69, 9.17) is 5.41 Å². The van der Waals surface area contributed by atoms with Crippen LogP contribution in [0.2, 0.25) is 0 Å². The SMILES string of the molecule is CCc1cccc(-c2cccc(C3(C)NC(=N)N(C)C(=O)N3C)c2)c1. The molecule has 25 heavy (non-hydrogen) atoms. The highest BCUT2D eigenvalue weighted by Crippen LogP contribution is 2.31. The summed E-state index contributed by atoms with van der Waals surface area (Å²) in [5.41, 5.74) is 3.73. The number of benzene rings is 2. The Morgan fingerprint density at radius 3 is 2.40 bits per heavy atom. The summed E-state index contributed by atoms with van der Waals surface area (Å²) in [6.45, 7) is 4.07. The topological polar surface area (TPSA) is 59.4 Å². The summed E-state index contributed by atoms with van der Waals surface area (Å²) in [6, 6.07) is 16.4. The van der Waals surface area contributed by atoms with Gasteiger partial charge in [0.05, 0.1) is 0 Å². The van der Waals surface area contributed by atoms with Gasteiger partial charge in [0.25, 0.3) is 0 Å². The molecule has 5 nitrogen and oxygen atoms in total. The van der Waals surface area contributed by atoms with E-state index in [-0.39, 0.29) is 12.0 Å². The highest BCUT2D eigenvalue weighted by atomic mass is 16.2. The molecule has 1 atom stereocenters. The number of nitrogens with one attached hydrogen (secondary N) is 2. The van der Waals surface area contributed by atoms with Gasteiger partial charge in [-0.25, -0.2) is 4.79 Å². The molecular weight excluding hydrogens is 312 g/mol. The number of amides is 2.